The number of likely N-dealkylation sites (tertiary alicyclic amines) is 1. The van der Waals surface area contributed by atoms with Crippen LogP contribution < -0.4 is 0 Å². The predicted molar refractivity (Wildman–Crippen MR) is 142 cm³/mol. The molecule has 2 heterocycles. The molecule has 188 valence electrons. The number of imide groups is 1. The van der Waals surface area contributed by atoms with E-state index in [0.717, 1.165) is 27.2 Å². The molecule has 2 aliphatic rings. The first-order valence-electron chi connectivity index (χ1n) is 12.6. The summed E-state index contributed by atoms with van der Waals surface area (Å²) in [4.78, 5) is 42.7. The van der Waals surface area contributed by atoms with E-state index in [9.17, 15) is 14.4 Å². The van der Waals surface area contributed by atoms with E-state index >= 15 is 0 Å². The number of amides is 2. The Labute approximate surface area is 221 Å². The van der Waals surface area contributed by atoms with Crippen molar-refractivity contribution in [3.05, 3.63) is 144 Å². The smallest absolute Gasteiger partial charge is 0.326 e. The van der Waals surface area contributed by atoms with Crippen LogP contribution in [0.25, 0.3) is 0 Å². The highest BCUT2D eigenvalue weighted by molar-refractivity contribution is 6.14. The molecule has 6 heteroatoms. The van der Waals surface area contributed by atoms with Gasteiger partial charge in [-0.15, -0.1) is 0 Å². The zero-order valence-electron chi connectivity index (χ0n) is 20.6. The van der Waals surface area contributed by atoms with Crippen LogP contribution in [-0.4, -0.2) is 46.2 Å². The molecule has 0 radical (unpaired) electrons. The minimum absolute atomic E-state index is 0.0913. The third kappa shape index (κ3) is 3.90. The predicted octanol–water partition coefficient (Wildman–Crippen LogP) is 4.14. The van der Waals surface area contributed by atoms with Gasteiger partial charge in [-0.3, -0.25) is 24.2 Å². The molecular formula is C32H26N2O4. The first kappa shape index (κ1) is 23.8. The molecule has 4 aromatic rings. The number of ether oxygens (including phenoxy) is 1. The Balaban J connectivity index is 1.32. The third-order valence-corrected chi connectivity index (χ3v) is 7.34. The summed E-state index contributed by atoms with van der Waals surface area (Å²) in [6, 6.07) is 37.8. The van der Waals surface area contributed by atoms with Gasteiger partial charge in [0.05, 0.1) is 5.54 Å². The van der Waals surface area contributed by atoms with Crippen LogP contribution in [0.3, 0.4) is 0 Å². The minimum atomic E-state index is -0.857. The third-order valence-electron chi connectivity index (χ3n) is 7.34. The maximum atomic E-state index is 13.6. The zero-order valence-corrected chi connectivity index (χ0v) is 20.6. The summed E-state index contributed by atoms with van der Waals surface area (Å²) in [5.74, 6) is -1.35. The van der Waals surface area contributed by atoms with Crippen molar-refractivity contribution in [1.29, 1.82) is 0 Å². The molecule has 0 aromatic heterocycles. The van der Waals surface area contributed by atoms with Crippen molar-refractivity contribution in [2.75, 3.05) is 6.54 Å². The van der Waals surface area contributed by atoms with E-state index in [2.05, 4.69) is 0 Å². The molecule has 6 rings (SSSR count). The summed E-state index contributed by atoms with van der Waals surface area (Å²) in [6.07, 6.45) is 0. The molecule has 3 atom stereocenters. The molecule has 2 fully saturated rings. The molecule has 6 nitrogen and oxygen atoms in total. The van der Waals surface area contributed by atoms with Crippen molar-refractivity contribution >= 4 is 17.8 Å². The van der Waals surface area contributed by atoms with Crippen molar-refractivity contribution in [2.24, 2.45) is 0 Å². The van der Waals surface area contributed by atoms with Crippen molar-refractivity contribution in [3.8, 4) is 0 Å². The van der Waals surface area contributed by atoms with E-state index in [1.54, 1.807) is 0 Å². The van der Waals surface area contributed by atoms with Gasteiger partial charge < -0.3 is 4.74 Å². The second kappa shape index (κ2) is 9.72. The van der Waals surface area contributed by atoms with Gasteiger partial charge in [-0.05, 0) is 22.3 Å². The maximum Gasteiger partial charge on any atom is 0.326 e. The molecule has 0 N–H and O–H groups in total. The molecule has 1 unspecified atom stereocenters. The number of benzene rings is 4. The van der Waals surface area contributed by atoms with Gasteiger partial charge in [-0.25, -0.2) is 0 Å². The molecule has 2 amide bonds. The fourth-order valence-electron chi connectivity index (χ4n) is 5.64. The summed E-state index contributed by atoms with van der Waals surface area (Å²) >= 11 is 0. The average Bonchev–Trinajstić information content (AvgIpc) is 3.67. The van der Waals surface area contributed by atoms with E-state index in [-0.39, 0.29) is 25.0 Å². The van der Waals surface area contributed by atoms with Crippen LogP contribution in [0.4, 0.5) is 0 Å². The molecule has 2 saturated heterocycles. The monoisotopic (exact) mass is 502 g/mol. The average molecular weight is 503 g/mol. The number of carbonyl (C=O) groups is 3. The summed E-state index contributed by atoms with van der Waals surface area (Å²) in [6.45, 7) is -0.297. The Bertz CT molecular complexity index is 1340. The highest BCUT2D eigenvalue weighted by atomic mass is 16.5. The van der Waals surface area contributed by atoms with Crippen molar-refractivity contribution < 1.29 is 19.1 Å². The SMILES string of the molecule is O=C(CN1C(=O)[C@@H]2[C@H](C1=O)N2C(c1ccccc1)(c1ccccc1)c1ccccc1)OCc1ccccc1. The fourth-order valence-corrected chi connectivity index (χ4v) is 5.64. The van der Waals surface area contributed by atoms with Crippen LogP contribution in [-0.2, 0) is 31.3 Å². The Kier molecular flexibility index (Phi) is 6.10. The van der Waals surface area contributed by atoms with Gasteiger partial charge in [0.25, 0.3) is 0 Å². The lowest BCUT2D eigenvalue weighted by Crippen LogP contribution is -2.48. The Hall–Kier alpha value is -4.55. The number of rotatable bonds is 8. The highest BCUT2D eigenvalue weighted by Crippen LogP contribution is 2.54. The van der Waals surface area contributed by atoms with Gasteiger partial charge in [0.1, 0.15) is 25.2 Å². The lowest BCUT2D eigenvalue weighted by atomic mass is 9.76. The molecule has 0 spiro atoms. The van der Waals surface area contributed by atoms with E-state index in [1.807, 2.05) is 126 Å². The number of hydrogen-bond donors (Lipinski definition) is 0. The number of esters is 1. The number of carbonyl (C=O) groups excluding carboxylic acids is 3. The van der Waals surface area contributed by atoms with E-state index in [4.69, 9.17) is 4.74 Å². The van der Waals surface area contributed by atoms with Crippen LogP contribution in [0.5, 0.6) is 0 Å². The topological polar surface area (TPSA) is 66.7 Å². The summed E-state index contributed by atoms with van der Waals surface area (Å²) in [7, 11) is 0. The van der Waals surface area contributed by atoms with Gasteiger partial charge >= 0.3 is 5.97 Å². The lowest BCUT2D eigenvalue weighted by molar-refractivity contribution is -0.155. The van der Waals surface area contributed by atoms with Crippen LogP contribution in [0.1, 0.15) is 22.3 Å². The van der Waals surface area contributed by atoms with Crippen LogP contribution in [0, 0.1) is 0 Å². The van der Waals surface area contributed by atoms with Crippen LogP contribution >= 0.6 is 0 Å². The molecule has 4 aromatic carbocycles. The van der Waals surface area contributed by atoms with E-state index < -0.39 is 23.6 Å². The minimum Gasteiger partial charge on any atom is -0.459 e. The number of nitrogens with zero attached hydrogens (tertiary/aromatic N) is 2. The Morgan fingerprint density at radius 2 is 1.03 bits per heavy atom. The summed E-state index contributed by atoms with van der Waals surface area (Å²) < 4.78 is 5.34. The van der Waals surface area contributed by atoms with Gasteiger partial charge in [-0.1, -0.05) is 121 Å². The molecular weight excluding hydrogens is 476 g/mol. The standard InChI is InChI=1S/C32H26N2O4/c35-27(38-22-23-13-5-1-6-14-23)21-33-30(36)28-29(31(33)37)34(28)32(24-15-7-2-8-16-24,25-17-9-3-10-18-25)26-19-11-4-12-20-26/h1-20,28-29H,21-22H2/t28-,29+,34?. The van der Waals surface area contributed by atoms with Gasteiger partial charge in [-0.2, -0.15) is 0 Å². The van der Waals surface area contributed by atoms with Crippen molar-refractivity contribution in [2.45, 2.75) is 24.2 Å². The molecule has 38 heavy (non-hydrogen) atoms. The zero-order chi connectivity index (χ0) is 26.1. The van der Waals surface area contributed by atoms with Gasteiger partial charge in [0.2, 0.25) is 11.8 Å². The van der Waals surface area contributed by atoms with Crippen LogP contribution in [0.15, 0.2) is 121 Å². The van der Waals surface area contributed by atoms with Crippen molar-refractivity contribution in [3.63, 3.8) is 0 Å². The number of fused-ring (bicyclic) bond motifs is 1. The summed E-state index contributed by atoms with van der Waals surface area (Å²) in [5, 5.41) is 0. The molecule has 0 saturated carbocycles. The normalized spacial score (nSPS) is 20.2. The van der Waals surface area contributed by atoms with E-state index in [0.29, 0.717) is 0 Å². The fraction of sp³-hybridized carbons (Fsp3) is 0.156. The molecule has 2 aliphatic heterocycles. The maximum absolute atomic E-state index is 13.6. The largest absolute Gasteiger partial charge is 0.459 e. The Morgan fingerprint density at radius 1 is 0.632 bits per heavy atom. The summed E-state index contributed by atoms with van der Waals surface area (Å²) in [5.41, 5.74) is 2.86. The van der Waals surface area contributed by atoms with Gasteiger partial charge in [0, 0.05) is 0 Å². The van der Waals surface area contributed by atoms with Crippen molar-refractivity contribution in [1.82, 2.24) is 9.80 Å². The van der Waals surface area contributed by atoms with Crippen LogP contribution in [0.2, 0.25) is 0 Å². The second-order valence-corrected chi connectivity index (χ2v) is 9.51. The quantitative estimate of drug-likeness (QED) is 0.157. The molecule has 0 aliphatic carbocycles. The number of piperazine rings is 1. The first-order valence-corrected chi connectivity index (χ1v) is 12.6. The van der Waals surface area contributed by atoms with Gasteiger partial charge in [0.15, 0.2) is 0 Å². The molecule has 0 bridgehead atoms. The Morgan fingerprint density at radius 3 is 1.45 bits per heavy atom. The highest BCUT2D eigenvalue weighted by Gasteiger charge is 2.72. The number of hydrogen-bond acceptors (Lipinski definition) is 5. The lowest BCUT2D eigenvalue weighted by Gasteiger charge is -2.39. The second-order valence-electron chi connectivity index (χ2n) is 9.51. The first-order chi connectivity index (χ1) is 18.6. The van der Waals surface area contributed by atoms with E-state index in [1.165, 1.54) is 0 Å².